The van der Waals surface area contributed by atoms with E-state index >= 15 is 0 Å². The number of hydrogen-bond acceptors (Lipinski definition) is 5. The Kier molecular flexibility index (Phi) is 7.63. The molecule has 0 heterocycles. The Morgan fingerprint density at radius 1 is 0.933 bits per heavy atom. The molecule has 0 bridgehead atoms. The van der Waals surface area contributed by atoms with Crippen LogP contribution in [0.5, 0.6) is 17.2 Å². The van der Waals surface area contributed by atoms with E-state index in [0.29, 0.717) is 29.4 Å². The second kappa shape index (κ2) is 10.6. The quantitative estimate of drug-likeness (QED) is 0.451. The fourth-order valence-corrected chi connectivity index (χ4v) is 3.52. The molecular weight excluding hydrogens is 398 g/mol. The van der Waals surface area contributed by atoms with Crippen molar-refractivity contribution in [1.82, 2.24) is 0 Å². The van der Waals surface area contributed by atoms with Crippen LogP contribution in [0.4, 0.5) is 5.69 Å². The second-order valence-corrected chi connectivity index (χ2v) is 7.20. The number of carbonyl (C=O) groups is 1. The van der Waals surface area contributed by atoms with Crippen LogP contribution < -0.4 is 19.5 Å². The molecular formula is C24H25NO4S. The first-order chi connectivity index (χ1) is 14.7. The lowest BCUT2D eigenvalue weighted by atomic mass is 10.1. The van der Waals surface area contributed by atoms with Crippen molar-refractivity contribution in [2.24, 2.45) is 0 Å². The lowest BCUT2D eigenvalue weighted by molar-refractivity contribution is 0.102. The average molecular weight is 424 g/mol. The standard InChI is InChI=1S/C24H25NO4S/c1-4-28-20-14-13-17(24(26)25-19-9-5-8-12-23(19)30-3)15-18(20)16-29-22-11-7-6-10-21(22)27-2/h5-15H,4,16H2,1-3H3,(H,25,26). The van der Waals surface area contributed by atoms with Crippen molar-refractivity contribution >= 4 is 23.4 Å². The Hall–Kier alpha value is -3.12. The van der Waals surface area contributed by atoms with Gasteiger partial charge in [0.15, 0.2) is 11.5 Å². The van der Waals surface area contributed by atoms with Gasteiger partial charge in [-0.3, -0.25) is 4.79 Å². The van der Waals surface area contributed by atoms with Gasteiger partial charge < -0.3 is 19.5 Å². The highest BCUT2D eigenvalue weighted by molar-refractivity contribution is 7.98. The molecule has 0 aliphatic carbocycles. The highest BCUT2D eigenvalue weighted by Crippen LogP contribution is 2.29. The van der Waals surface area contributed by atoms with E-state index in [2.05, 4.69) is 5.32 Å². The summed E-state index contributed by atoms with van der Waals surface area (Å²) in [5.74, 6) is 1.79. The summed E-state index contributed by atoms with van der Waals surface area (Å²) in [6, 6.07) is 20.5. The predicted octanol–water partition coefficient (Wildman–Crippen LogP) is 5.65. The first-order valence-electron chi connectivity index (χ1n) is 9.62. The molecule has 0 saturated heterocycles. The molecule has 3 aromatic rings. The molecule has 156 valence electrons. The molecule has 3 rings (SSSR count). The van der Waals surface area contributed by atoms with Gasteiger partial charge in [0.05, 0.1) is 19.4 Å². The first kappa shape index (κ1) is 21.6. The molecule has 0 unspecified atom stereocenters. The molecule has 0 aliphatic heterocycles. The van der Waals surface area contributed by atoms with Gasteiger partial charge in [-0.25, -0.2) is 0 Å². The lowest BCUT2D eigenvalue weighted by Crippen LogP contribution is -2.13. The van der Waals surface area contributed by atoms with Crippen LogP contribution in [0, 0.1) is 0 Å². The Labute approximate surface area is 181 Å². The third kappa shape index (κ3) is 5.27. The number of methoxy groups -OCH3 is 1. The van der Waals surface area contributed by atoms with Crippen molar-refractivity contribution in [2.45, 2.75) is 18.4 Å². The Balaban J connectivity index is 1.82. The van der Waals surface area contributed by atoms with E-state index in [-0.39, 0.29) is 12.5 Å². The fourth-order valence-electron chi connectivity index (χ4n) is 2.97. The van der Waals surface area contributed by atoms with Gasteiger partial charge in [0, 0.05) is 16.0 Å². The summed E-state index contributed by atoms with van der Waals surface area (Å²) in [5, 5.41) is 2.99. The Morgan fingerprint density at radius 2 is 1.67 bits per heavy atom. The highest BCUT2D eigenvalue weighted by Gasteiger charge is 2.14. The van der Waals surface area contributed by atoms with Crippen LogP contribution in [-0.2, 0) is 6.61 Å². The molecule has 0 aromatic heterocycles. The maximum absolute atomic E-state index is 12.9. The van der Waals surface area contributed by atoms with Crippen LogP contribution in [0.2, 0.25) is 0 Å². The third-order valence-corrected chi connectivity index (χ3v) is 5.23. The largest absolute Gasteiger partial charge is 0.493 e. The fraction of sp³-hybridized carbons (Fsp3) is 0.208. The second-order valence-electron chi connectivity index (χ2n) is 6.35. The normalized spacial score (nSPS) is 10.4. The number of carbonyl (C=O) groups excluding carboxylic acids is 1. The number of hydrogen-bond donors (Lipinski definition) is 1. The van der Waals surface area contributed by atoms with Gasteiger partial charge in [0.2, 0.25) is 0 Å². The van der Waals surface area contributed by atoms with E-state index in [1.165, 1.54) is 0 Å². The van der Waals surface area contributed by atoms with Gasteiger partial charge in [-0.2, -0.15) is 0 Å². The van der Waals surface area contributed by atoms with E-state index in [9.17, 15) is 4.79 Å². The summed E-state index contributed by atoms with van der Waals surface area (Å²) in [7, 11) is 1.60. The summed E-state index contributed by atoms with van der Waals surface area (Å²) in [6.45, 7) is 2.69. The Morgan fingerprint density at radius 3 is 2.40 bits per heavy atom. The SMILES string of the molecule is CCOc1ccc(C(=O)Nc2ccccc2SC)cc1COc1ccccc1OC. The van der Waals surface area contributed by atoms with Crippen molar-refractivity contribution < 1.29 is 19.0 Å². The van der Waals surface area contributed by atoms with E-state index in [1.807, 2.05) is 61.7 Å². The van der Waals surface area contributed by atoms with Crippen molar-refractivity contribution in [3.05, 3.63) is 77.9 Å². The molecule has 30 heavy (non-hydrogen) atoms. The van der Waals surface area contributed by atoms with Gasteiger partial charge in [0.1, 0.15) is 12.4 Å². The zero-order valence-electron chi connectivity index (χ0n) is 17.3. The van der Waals surface area contributed by atoms with Crippen molar-refractivity contribution in [3.63, 3.8) is 0 Å². The Bertz CT molecular complexity index is 1010. The minimum Gasteiger partial charge on any atom is -0.493 e. The van der Waals surface area contributed by atoms with Gasteiger partial charge in [0.25, 0.3) is 5.91 Å². The monoisotopic (exact) mass is 423 g/mol. The van der Waals surface area contributed by atoms with E-state index in [0.717, 1.165) is 16.1 Å². The van der Waals surface area contributed by atoms with Gasteiger partial charge >= 0.3 is 0 Å². The molecule has 1 N–H and O–H groups in total. The number of rotatable bonds is 9. The van der Waals surface area contributed by atoms with Crippen LogP contribution in [-0.4, -0.2) is 25.9 Å². The molecule has 6 heteroatoms. The van der Waals surface area contributed by atoms with Crippen molar-refractivity contribution in [1.29, 1.82) is 0 Å². The van der Waals surface area contributed by atoms with E-state index in [4.69, 9.17) is 14.2 Å². The maximum atomic E-state index is 12.9. The number of ether oxygens (including phenoxy) is 3. The summed E-state index contributed by atoms with van der Waals surface area (Å²) < 4.78 is 17.0. The molecule has 0 spiro atoms. The summed E-state index contributed by atoms with van der Waals surface area (Å²) >= 11 is 1.59. The lowest BCUT2D eigenvalue weighted by Gasteiger charge is -2.15. The number of benzene rings is 3. The minimum atomic E-state index is -0.182. The molecule has 0 aliphatic rings. The molecule has 1 amide bonds. The van der Waals surface area contributed by atoms with E-state index in [1.54, 1.807) is 37.1 Å². The van der Waals surface area contributed by atoms with Crippen molar-refractivity contribution in [3.8, 4) is 17.2 Å². The molecule has 0 saturated carbocycles. The van der Waals surface area contributed by atoms with Gasteiger partial charge in [-0.05, 0) is 55.6 Å². The van der Waals surface area contributed by atoms with Gasteiger partial charge in [-0.15, -0.1) is 11.8 Å². The molecule has 5 nitrogen and oxygen atoms in total. The smallest absolute Gasteiger partial charge is 0.255 e. The number of thioether (sulfide) groups is 1. The average Bonchev–Trinajstić information content (AvgIpc) is 2.79. The zero-order chi connectivity index (χ0) is 21.3. The topological polar surface area (TPSA) is 56.8 Å². The number of nitrogens with one attached hydrogen (secondary N) is 1. The highest BCUT2D eigenvalue weighted by atomic mass is 32.2. The zero-order valence-corrected chi connectivity index (χ0v) is 18.1. The van der Waals surface area contributed by atoms with Crippen LogP contribution in [0.1, 0.15) is 22.8 Å². The van der Waals surface area contributed by atoms with Crippen LogP contribution in [0.3, 0.4) is 0 Å². The summed E-state index contributed by atoms with van der Waals surface area (Å²) in [4.78, 5) is 13.9. The molecule has 0 fully saturated rings. The summed E-state index contributed by atoms with van der Waals surface area (Å²) in [5.41, 5.74) is 2.11. The van der Waals surface area contributed by atoms with E-state index < -0.39 is 0 Å². The summed E-state index contributed by atoms with van der Waals surface area (Å²) in [6.07, 6.45) is 1.98. The van der Waals surface area contributed by atoms with Crippen LogP contribution in [0.25, 0.3) is 0 Å². The third-order valence-electron chi connectivity index (χ3n) is 4.43. The number of anilines is 1. The first-order valence-corrected chi connectivity index (χ1v) is 10.8. The molecule has 0 radical (unpaired) electrons. The minimum absolute atomic E-state index is 0.182. The van der Waals surface area contributed by atoms with Crippen LogP contribution in [0.15, 0.2) is 71.6 Å². The number of para-hydroxylation sites is 3. The van der Waals surface area contributed by atoms with Crippen LogP contribution >= 0.6 is 11.8 Å². The number of amides is 1. The van der Waals surface area contributed by atoms with Crippen molar-refractivity contribution in [2.75, 3.05) is 25.3 Å². The maximum Gasteiger partial charge on any atom is 0.255 e. The molecule has 0 atom stereocenters. The van der Waals surface area contributed by atoms with Gasteiger partial charge in [-0.1, -0.05) is 24.3 Å². The predicted molar refractivity (Wildman–Crippen MR) is 121 cm³/mol. The molecule has 3 aromatic carbocycles.